The molecule has 1 unspecified atom stereocenters. The molecule has 4 atom stereocenters. The number of nitrogen functional groups attached to an aromatic ring is 1. The molecule has 6 rings (SSSR count). The highest BCUT2D eigenvalue weighted by Crippen LogP contribution is 2.44. The van der Waals surface area contributed by atoms with Crippen molar-refractivity contribution in [3.05, 3.63) is 41.5 Å². The highest BCUT2D eigenvalue weighted by molar-refractivity contribution is 6.00. The number of carbonyl (C=O) groups is 2. The van der Waals surface area contributed by atoms with E-state index in [2.05, 4.69) is 10.4 Å². The number of rotatable bonds is 5. The summed E-state index contributed by atoms with van der Waals surface area (Å²) in [6.07, 6.45) is 8.99. The van der Waals surface area contributed by atoms with Crippen LogP contribution in [0.5, 0.6) is 0 Å². The number of nitrogens with one attached hydrogen (secondary N) is 1. The Morgan fingerprint density at radius 1 is 1.17 bits per heavy atom. The third kappa shape index (κ3) is 3.67. The van der Waals surface area contributed by atoms with Crippen LogP contribution in [0.15, 0.2) is 24.5 Å². The summed E-state index contributed by atoms with van der Waals surface area (Å²) in [6.45, 7) is 2.05. The first-order valence-corrected chi connectivity index (χ1v) is 12.8. The molecule has 188 valence electrons. The van der Waals surface area contributed by atoms with E-state index >= 15 is 0 Å². The Kier molecular flexibility index (Phi) is 5.72. The number of pyridine rings is 1. The average Bonchev–Trinajstić information content (AvgIpc) is 3.62. The summed E-state index contributed by atoms with van der Waals surface area (Å²) in [5.41, 5.74) is 10.9. The summed E-state index contributed by atoms with van der Waals surface area (Å²) >= 11 is 0. The molecule has 3 fully saturated rings. The number of aromatic nitrogens is 4. The molecule has 3 aliphatic heterocycles. The maximum absolute atomic E-state index is 12.7. The third-order valence-electron chi connectivity index (χ3n) is 8.12. The Morgan fingerprint density at radius 2 is 1.94 bits per heavy atom. The second kappa shape index (κ2) is 8.94. The molecule has 2 bridgehead atoms. The Balaban J connectivity index is 1.40. The Bertz CT molecular complexity index is 1320. The van der Waals surface area contributed by atoms with E-state index in [1.807, 2.05) is 23.2 Å². The van der Waals surface area contributed by atoms with E-state index in [1.165, 1.54) is 6.92 Å². The van der Waals surface area contributed by atoms with Gasteiger partial charge in [0.25, 0.3) is 0 Å². The number of hydrogen-bond acceptors (Lipinski definition) is 8. The lowest BCUT2D eigenvalue weighted by Crippen LogP contribution is -2.47. The van der Waals surface area contributed by atoms with Crippen molar-refractivity contribution in [2.45, 2.75) is 69.5 Å². The Labute approximate surface area is 208 Å². The first kappa shape index (κ1) is 23.1. The molecule has 1 amide bonds. The van der Waals surface area contributed by atoms with Crippen LogP contribution in [0.25, 0.3) is 16.8 Å². The second-order valence-electron chi connectivity index (χ2n) is 10.2. The van der Waals surface area contributed by atoms with Crippen LogP contribution in [0.4, 0.5) is 5.82 Å². The number of carbonyl (C=O) groups excluding carboxylic acids is 2. The summed E-state index contributed by atoms with van der Waals surface area (Å²) in [5.74, 6) is -0.0921. The number of anilines is 1. The van der Waals surface area contributed by atoms with Gasteiger partial charge in [0.05, 0.1) is 23.1 Å². The number of nitrogens with two attached hydrogens (primary N) is 1. The molecule has 3 aliphatic rings. The predicted octanol–water partition coefficient (Wildman–Crippen LogP) is 2.23. The molecule has 4 N–H and O–H groups in total. The highest BCUT2D eigenvalue weighted by atomic mass is 16.3. The average molecular weight is 490 g/mol. The molecule has 3 aromatic rings. The van der Waals surface area contributed by atoms with E-state index in [-0.39, 0.29) is 35.5 Å². The molecule has 10 nitrogen and oxygen atoms in total. The van der Waals surface area contributed by atoms with Gasteiger partial charge in [-0.15, -0.1) is 0 Å². The van der Waals surface area contributed by atoms with Crippen LogP contribution in [-0.2, 0) is 4.79 Å². The molecule has 6 heterocycles. The molecule has 0 radical (unpaired) electrons. The molecule has 0 aliphatic carbocycles. The number of Topliss-reactive ketones (excluding diaryl/α,β-unsaturated/α-hetero) is 1. The molecule has 3 saturated heterocycles. The molecular formula is C26H31N7O3. The van der Waals surface area contributed by atoms with Crippen molar-refractivity contribution in [2.24, 2.45) is 0 Å². The largest absolute Gasteiger partial charge is 0.387 e. The number of aliphatic hydroxyl groups excluding tert-OH is 1. The number of nitrogens with zero attached hydrogens (tertiary/aromatic N) is 5. The fraction of sp³-hybridized carbons (Fsp3) is 0.500. The van der Waals surface area contributed by atoms with Crippen molar-refractivity contribution in [2.75, 3.05) is 18.9 Å². The van der Waals surface area contributed by atoms with Gasteiger partial charge >= 0.3 is 0 Å². The number of hydrogen-bond donors (Lipinski definition) is 3. The van der Waals surface area contributed by atoms with Crippen LogP contribution in [0.1, 0.15) is 79.2 Å². The smallest absolute Gasteiger partial charge is 0.248 e. The Hall–Kier alpha value is -3.37. The molecule has 0 saturated carbocycles. The normalized spacial score (nSPS) is 25.6. The van der Waals surface area contributed by atoms with Gasteiger partial charge in [0.2, 0.25) is 5.91 Å². The van der Waals surface area contributed by atoms with Gasteiger partial charge in [0, 0.05) is 41.4 Å². The van der Waals surface area contributed by atoms with Crippen LogP contribution in [-0.4, -0.2) is 66.5 Å². The topological polar surface area (TPSA) is 139 Å². The zero-order valence-electron chi connectivity index (χ0n) is 20.4. The van der Waals surface area contributed by atoms with Gasteiger partial charge in [-0.1, -0.05) is 6.07 Å². The van der Waals surface area contributed by atoms with Gasteiger partial charge in [-0.05, 0) is 58.1 Å². The number of amides is 1. The molecule has 10 heteroatoms. The molecule has 0 aromatic carbocycles. The quantitative estimate of drug-likeness (QED) is 0.464. The zero-order chi connectivity index (χ0) is 25.0. The van der Waals surface area contributed by atoms with Gasteiger partial charge in [0.15, 0.2) is 11.4 Å². The summed E-state index contributed by atoms with van der Waals surface area (Å²) < 4.78 is 1.54. The second-order valence-corrected chi connectivity index (χ2v) is 10.2. The Morgan fingerprint density at radius 3 is 2.56 bits per heavy atom. The monoisotopic (exact) mass is 489 g/mol. The lowest BCUT2D eigenvalue weighted by atomic mass is 9.85. The number of fused-ring (bicyclic) bond motifs is 3. The van der Waals surface area contributed by atoms with Crippen molar-refractivity contribution in [3.63, 3.8) is 0 Å². The van der Waals surface area contributed by atoms with Gasteiger partial charge in [-0.2, -0.15) is 9.61 Å². The minimum absolute atomic E-state index is 0.00636. The lowest BCUT2D eigenvalue weighted by Gasteiger charge is -2.39. The van der Waals surface area contributed by atoms with Crippen LogP contribution >= 0.6 is 0 Å². The molecule has 36 heavy (non-hydrogen) atoms. The predicted molar refractivity (Wildman–Crippen MR) is 133 cm³/mol. The molecule has 3 aromatic heterocycles. The van der Waals surface area contributed by atoms with Crippen molar-refractivity contribution >= 4 is 23.2 Å². The van der Waals surface area contributed by atoms with Crippen molar-refractivity contribution < 1.29 is 14.7 Å². The van der Waals surface area contributed by atoms with Gasteiger partial charge in [-0.25, -0.2) is 4.98 Å². The van der Waals surface area contributed by atoms with Crippen LogP contribution in [0.2, 0.25) is 0 Å². The van der Waals surface area contributed by atoms with Gasteiger partial charge < -0.3 is 21.1 Å². The number of ketones is 1. The summed E-state index contributed by atoms with van der Waals surface area (Å²) in [4.78, 5) is 36.6. The van der Waals surface area contributed by atoms with Crippen LogP contribution < -0.4 is 11.1 Å². The van der Waals surface area contributed by atoms with E-state index < -0.39 is 6.61 Å². The molecule has 0 spiro atoms. The minimum Gasteiger partial charge on any atom is -0.387 e. The summed E-state index contributed by atoms with van der Waals surface area (Å²) in [7, 11) is 0. The maximum atomic E-state index is 12.7. The van der Waals surface area contributed by atoms with E-state index in [9.17, 15) is 14.7 Å². The molecular weight excluding hydrogens is 458 g/mol. The minimum atomic E-state index is -0.476. The van der Waals surface area contributed by atoms with Crippen LogP contribution in [0.3, 0.4) is 0 Å². The van der Waals surface area contributed by atoms with E-state index in [1.54, 1.807) is 10.7 Å². The van der Waals surface area contributed by atoms with Crippen molar-refractivity contribution in [1.29, 1.82) is 0 Å². The fourth-order valence-electron chi connectivity index (χ4n) is 6.49. The fourth-order valence-corrected chi connectivity index (χ4v) is 6.49. The van der Waals surface area contributed by atoms with E-state index in [0.717, 1.165) is 49.0 Å². The summed E-state index contributed by atoms with van der Waals surface area (Å²) in [6, 6.07) is 4.45. The van der Waals surface area contributed by atoms with E-state index in [4.69, 9.17) is 15.7 Å². The van der Waals surface area contributed by atoms with Crippen LogP contribution in [0, 0.1) is 0 Å². The first-order valence-electron chi connectivity index (χ1n) is 12.8. The lowest BCUT2D eigenvalue weighted by molar-refractivity contribution is -0.138. The third-order valence-corrected chi connectivity index (χ3v) is 8.12. The number of piperidine rings is 1. The first-order chi connectivity index (χ1) is 17.5. The van der Waals surface area contributed by atoms with Crippen molar-refractivity contribution in [3.8, 4) is 11.1 Å². The van der Waals surface area contributed by atoms with Gasteiger partial charge in [0.1, 0.15) is 12.4 Å². The number of aliphatic hydroxyl groups is 1. The van der Waals surface area contributed by atoms with E-state index in [0.29, 0.717) is 35.8 Å². The maximum Gasteiger partial charge on any atom is 0.248 e. The summed E-state index contributed by atoms with van der Waals surface area (Å²) in [5, 5.41) is 17.4. The highest BCUT2D eigenvalue weighted by Gasteiger charge is 2.44. The standard InChI is InChI=1S/C26H31N7O3/c1-14(35)23-24(16-9-17-5-6-18(10-16)32(17)22(36)13-34)31-26-19(12-30-33(26)25(23)27)15-4-7-21(29-11-15)20-3-2-8-28-20/h4,7,11-12,16-18,20,28,34H,2-3,5-6,8-10,13,27H2,1H3/t16-,17+,18-,20?. The van der Waals surface area contributed by atoms with Crippen molar-refractivity contribution in [1.82, 2.24) is 29.8 Å². The SMILES string of the molecule is CC(=O)c1c([C@H]2C[C@H]3CC[C@@H](C2)N3C(=O)CO)nc2c(-c3ccc(C4CCCN4)nc3)cnn2c1N. The van der Waals surface area contributed by atoms with Gasteiger partial charge in [-0.3, -0.25) is 14.6 Å². The zero-order valence-corrected chi connectivity index (χ0v) is 20.4.